The van der Waals surface area contributed by atoms with E-state index in [1.807, 2.05) is 18.2 Å². The van der Waals surface area contributed by atoms with Crippen molar-refractivity contribution in [2.24, 2.45) is 11.3 Å². The molecule has 4 rings (SSSR count). The van der Waals surface area contributed by atoms with Crippen molar-refractivity contribution >= 4 is 11.1 Å². The molecule has 2 aromatic rings. The van der Waals surface area contributed by atoms with E-state index in [-0.39, 0.29) is 23.3 Å². The molecule has 2 aliphatic carbocycles. The van der Waals surface area contributed by atoms with Crippen molar-refractivity contribution in [3.63, 3.8) is 0 Å². The molecule has 2 heteroatoms. The SMILES string of the molecule is C=C(c1ccccc1F)[C@@]12CC[C@@H](O)C1CC(CCCCCC)=C2c1ccccc1. The van der Waals surface area contributed by atoms with Gasteiger partial charge in [-0.25, -0.2) is 4.39 Å². The first-order valence-electron chi connectivity index (χ1n) is 11.5. The van der Waals surface area contributed by atoms with Crippen LogP contribution < -0.4 is 0 Å². The Kier molecular flexibility index (Phi) is 6.24. The fourth-order valence-corrected chi connectivity index (χ4v) is 5.92. The molecule has 1 nitrogen and oxygen atoms in total. The number of fused-ring (bicyclic) bond motifs is 1. The molecule has 1 unspecified atom stereocenters. The van der Waals surface area contributed by atoms with Gasteiger partial charge in [-0.3, -0.25) is 0 Å². The zero-order valence-electron chi connectivity index (χ0n) is 18.0. The number of aliphatic hydroxyl groups is 1. The third-order valence-electron chi connectivity index (χ3n) is 7.33. The molecule has 30 heavy (non-hydrogen) atoms. The summed E-state index contributed by atoms with van der Waals surface area (Å²) >= 11 is 0. The molecule has 0 saturated heterocycles. The summed E-state index contributed by atoms with van der Waals surface area (Å²) in [7, 11) is 0. The molecule has 0 heterocycles. The molecule has 2 aromatic carbocycles. The van der Waals surface area contributed by atoms with Crippen LogP contribution in [0, 0.1) is 17.2 Å². The van der Waals surface area contributed by atoms with E-state index in [1.165, 1.54) is 48.5 Å². The van der Waals surface area contributed by atoms with Crippen LogP contribution in [-0.2, 0) is 0 Å². The first-order valence-corrected chi connectivity index (χ1v) is 11.5. The van der Waals surface area contributed by atoms with Gasteiger partial charge >= 0.3 is 0 Å². The van der Waals surface area contributed by atoms with Gasteiger partial charge in [-0.2, -0.15) is 0 Å². The lowest BCUT2D eigenvalue weighted by Gasteiger charge is -2.37. The minimum atomic E-state index is -0.386. The minimum absolute atomic E-state index is 0.0842. The first-order chi connectivity index (χ1) is 14.6. The van der Waals surface area contributed by atoms with Crippen LogP contribution in [0.4, 0.5) is 4.39 Å². The average Bonchev–Trinajstić information content (AvgIpc) is 3.27. The third kappa shape index (κ3) is 3.56. The Morgan fingerprint density at radius 2 is 1.80 bits per heavy atom. The van der Waals surface area contributed by atoms with Crippen LogP contribution in [0.2, 0.25) is 0 Å². The lowest BCUT2D eigenvalue weighted by atomic mass is 9.66. The molecule has 0 aliphatic heterocycles. The van der Waals surface area contributed by atoms with Crippen molar-refractivity contribution in [2.75, 3.05) is 0 Å². The van der Waals surface area contributed by atoms with E-state index in [1.54, 1.807) is 6.07 Å². The van der Waals surface area contributed by atoms with Crippen molar-refractivity contribution in [3.05, 3.63) is 83.7 Å². The van der Waals surface area contributed by atoms with Crippen molar-refractivity contribution in [1.82, 2.24) is 0 Å². The number of aliphatic hydroxyl groups excluding tert-OH is 1. The summed E-state index contributed by atoms with van der Waals surface area (Å²) in [6, 6.07) is 17.5. The van der Waals surface area contributed by atoms with E-state index >= 15 is 0 Å². The Labute approximate surface area is 180 Å². The summed E-state index contributed by atoms with van der Waals surface area (Å²) in [5, 5.41) is 11.0. The number of benzene rings is 2. The summed E-state index contributed by atoms with van der Waals surface area (Å²) in [6.45, 7) is 6.70. The lowest BCUT2D eigenvalue weighted by Crippen LogP contribution is -2.29. The largest absolute Gasteiger partial charge is 0.393 e. The zero-order chi connectivity index (χ0) is 21.1. The highest BCUT2D eigenvalue weighted by molar-refractivity contribution is 5.90. The maximum Gasteiger partial charge on any atom is 0.130 e. The predicted molar refractivity (Wildman–Crippen MR) is 123 cm³/mol. The Hall–Kier alpha value is -2.19. The van der Waals surface area contributed by atoms with Gasteiger partial charge in [-0.1, -0.05) is 86.9 Å². The van der Waals surface area contributed by atoms with Gasteiger partial charge in [0.05, 0.1) is 6.10 Å². The number of unbranched alkanes of at least 4 members (excludes halogenated alkanes) is 3. The highest BCUT2D eigenvalue weighted by Crippen LogP contribution is 2.66. The average molecular weight is 405 g/mol. The number of allylic oxidation sites excluding steroid dienone is 3. The maximum atomic E-state index is 14.8. The Balaban J connectivity index is 1.82. The van der Waals surface area contributed by atoms with Gasteiger partial charge in [0.25, 0.3) is 0 Å². The smallest absolute Gasteiger partial charge is 0.130 e. The van der Waals surface area contributed by atoms with Gasteiger partial charge in [-0.05, 0) is 54.9 Å². The van der Waals surface area contributed by atoms with E-state index in [9.17, 15) is 9.50 Å². The van der Waals surface area contributed by atoms with Crippen LogP contribution >= 0.6 is 0 Å². The molecule has 0 bridgehead atoms. The topological polar surface area (TPSA) is 20.2 Å². The van der Waals surface area contributed by atoms with Crippen LogP contribution in [0.3, 0.4) is 0 Å². The lowest BCUT2D eigenvalue weighted by molar-refractivity contribution is 0.119. The molecule has 0 aromatic heterocycles. The normalized spacial score (nSPS) is 25.6. The van der Waals surface area contributed by atoms with Gasteiger partial charge < -0.3 is 5.11 Å². The van der Waals surface area contributed by atoms with Crippen LogP contribution in [0.1, 0.15) is 69.4 Å². The van der Waals surface area contributed by atoms with Crippen molar-refractivity contribution in [2.45, 2.75) is 64.4 Å². The van der Waals surface area contributed by atoms with Gasteiger partial charge in [0.15, 0.2) is 0 Å². The summed E-state index contributed by atoms with van der Waals surface area (Å²) in [4.78, 5) is 0. The Bertz CT molecular complexity index is 929. The van der Waals surface area contributed by atoms with E-state index in [2.05, 4.69) is 37.8 Å². The predicted octanol–water partition coefficient (Wildman–Crippen LogP) is 7.42. The van der Waals surface area contributed by atoms with Crippen LogP contribution in [-0.4, -0.2) is 11.2 Å². The molecule has 158 valence electrons. The standard InChI is InChI=1S/C28H33FO/c1-3-4-5-7-14-22-19-24-26(30)17-18-28(24,27(22)21-12-8-6-9-13-21)20(2)23-15-10-11-16-25(23)29/h6,8-13,15-16,24,26,30H,2-5,7,14,17-19H2,1H3/t24?,26-,28+/m1/s1. The summed E-state index contributed by atoms with van der Waals surface area (Å²) in [5.41, 5.74) is 5.01. The third-order valence-corrected chi connectivity index (χ3v) is 7.33. The maximum absolute atomic E-state index is 14.8. The highest BCUT2D eigenvalue weighted by Gasteiger charge is 2.56. The van der Waals surface area contributed by atoms with Crippen molar-refractivity contribution in [1.29, 1.82) is 0 Å². The van der Waals surface area contributed by atoms with E-state index in [0.717, 1.165) is 31.3 Å². The number of hydrogen-bond donors (Lipinski definition) is 1. The minimum Gasteiger partial charge on any atom is -0.393 e. The monoisotopic (exact) mass is 404 g/mol. The zero-order valence-corrected chi connectivity index (χ0v) is 18.0. The molecule has 1 fully saturated rings. The van der Waals surface area contributed by atoms with E-state index in [0.29, 0.717) is 5.56 Å². The quantitative estimate of drug-likeness (QED) is 0.454. The second-order valence-corrected chi connectivity index (χ2v) is 9.00. The number of rotatable bonds is 8. The van der Waals surface area contributed by atoms with E-state index in [4.69, 9.17) is 0 Å². The fraction of sp³-hybridized carbons (Fsp3) is 0.429. The van der Waals surface area contributed by atoms with Gasteiger partial charge in [0, 0.05) is 16.9 Å². The summed E-state index contributed by atoms with van der Waals surface area (Å²) in [5.74, 6) is -0.137. The van der Waals surface area contributed by atoms with Crippen LogP contribution in [0.15, 0.2) is 66.7 Å². The van der Waals surface area contributed by atoms with Gasteiger partial charge in [0.1, 0.15) is 5.82 Å². The summed E-state index contributed by atoms with van der Waals surface area (Å²) < 4.78 is 14.8. The second kappa shape index (κ2) is 8.89. The van der Waals surface area contributed by atoms with Crippen molar-refractivity contribution in [3.8, 4) is 0 Å². The Morgan fingerprint density at radius 1 is 1.07 bits per heavy atom. The molecule has 0 radical (unpaired) electrons. The molecular weight excluding hydrogens is 371 g/mol. The molecular formula is C28H33FO. The summed E-state index contributed by atoms with van der Waals surface area (Å²) in [6.07, 6.45) is 8.05. The van der Waals surface area contributed by atoms with Crippen LogP contribution in [0.5, 0.6) is 0 Å². The molecule has 1 saturated carbocycles. The Morgan fingerprint density at radius 3 is 2.53 bits per heavy atom. The van der Waals surface area contributed by atoms with Crippen LogP contribution in [0.25, 0.3) is 11.1 Å². The first kappa shape index (κ1) is 21.1. The number of halogens is 1. The molecule has 1 N–H and O–H groups in total. The number of hydrogen-bond acceptors (Lipinski definition) is 1. The van der Waals surface area contributed by atoms with Crippen molar-refractivity contribution < 1.29 is 9.50 Å². The molecule has 0 spiro atoms. The van der Waals surface area contributed by atoms with E-state index < -0.39 is 0 Å². The molecule has 2 aliphatic rings. The molecule has 0 amide bonds. The fourth-order valence-electron chi connectivity index (χ4n) is 5.92. The van der Waals surface area contributed by atoms with Gasteiger partial charge in [0.2, 0.25) is 0 Å². The highest BCUT2D eigenvalue weighted by atomic mass is 19.1. The van der Waals surface area contributed by atoms with Gasteiger partial charge in [-0.15, -0.1) is 0 Å². The second-order valence-electron chi connectivity index (χ2n) is 9.00. The molecule has 3 atom stereocenters.